The van der Waals surface area contributed by atoms with Gasteiger partial charge in [0.25, 0.3) is 0 Å². The summed E-state index contributed by atoms with van der Waals surface area (Å²) >= 11 is 0. The van der Waals surface area contributed by atoms with Crippen molar-refractivity contribution in [3.8, 4) is 0 Å². The molecule has 8 heteroatoms. The van der Waals surface area contributed by atoms with Gasteiger partial charge in [0.2, 0.25) is 0 Å². The molecule has 8 nitrogen and oxygen atoms in total. The number of rotatable bonds is 5. The van der Waals surface area contributed by atoms with Gasteiger partial charge in [0, 0.05) is 19.4 Å². The molecule has 0 bridgehead atoms. The Balaban J connectivity index is 1.34. The first kappa shape index (κ1) is 14.8. The lowest BCUT2D eigenvalue weighted by Crippen LogP contribution is -2.36. The van der Waals surface area contributed by atoms with Crippen LogP contribution in [-0.4, -0.2) is 52.9 Å². The van der Waals surface area contributed by atoms with Crippen LogP contribution in [0.25, 0.3) is 0 Å². The summed E-state index contributed by atoms with van der Waals surface area (Å²) in [7, 11) is 1.93. The number of piperidine rings is 1. The minimum atomic E-state index is -0.478. The largest absolute Gasteiger partial charge is 0.385 e. The summed E-state index contributed by atoms with van der Waals surface area (Å²) in [4.78, 5) is 6.66. The molecule has 2 fully saturated rings. The molecular formula is C15H23N7O. The highest BCUT2D eigenvalue weighted by atomic mass is 16.3. The first-order chi connectivity index (χ1) is 11.2. The molecule has 2 aromatic rings. The van der Waals surface area contributed by atoms with E-state index in [9.17, 15) is 5.11 Å². The molecule has 4 rings (SSSR count). The minimum absolute atomic E-state index is 0.270. The maximum Gasteiger partial charge on any atom is 0.165 e. The first-order valence-electron chi connectivity index (χ1n) is 8.37. The molecule has 1 N–H and O–H groups in total. The van der Waals surface area contributed by atoms with Crippen LogP contribution in [0.2, 0.25) is 0 Å². The maximum atomic E-state index is 10.5. The van der Waals surface area contributed by atoms with Crippen molar-refractivity contribution in [2.75, 3.05) is 13.1 Å². The quantitative estimate of drug-likeness (QED) is 0.873. The van der Waals surface area contributed by atoms with Crippen LogP contribution < -0.4 is 0 Å². The Kier molecular flexibility index (Phi) is 3.86. The van der Waals surface area contributed by atoms with Crippen molar-refractivity contribution in [3.05, 3.63) is 24.0 Å². The summed E-state index contributed by atoms with van der Waals surface area (Å²) in [6.45, 7) is 2.72. The normalized spacial score (nSPS) is 21.7. The zero-order valence-corrected chi connectivity index (χ0v) is 13.4. The second-order valence-corrected chi connectivity index (χ2v) is 6.73. The van der Waals surface area contributed by atoms with E-state index in [4.69, 9.17) is 0 Å². The zero-order chi connectivity index (χ0) is 15.8. The van der Waals surface area contributed by atoms with E-state index in [1.165, 1.54) is 12.8 Å². The van der Waals surface area contributed by atoms with Gasteiger partial charge < -0.3 is 9.67 Å². The molecule has 2 aliphatic rings. The number of nitrogens with zero attached hydrogens (tertiary/aromatic N) is 7. The van der Waals surface area contributed by atoms with Gasteiger partial charge in [-0.15, -0.1) is 5.10 Å². The number of likely N-dealkylation sites (tertiary alicyclic amines) is 1. The van der Waals surface area contributed by atoms with Crippen LogP contribution in [0.5, 0.6) is 0 Å². The average molecular weight is 317 g/mol. The number of hydrogen-bond donors (Lipinski definition) is 1. The molecule has 0 radical (unpaired) electrons. The second-order valence-electron chi connectivity index (χ2n) is 6.73. The molecule has 1 saturated heterocycles. The number of aliphatic hydroxyl groups is 1. The molecule has 1 aliphatic heterocycles. The molecule has 0 aromatic carbocycles. The third kappa shape index (κ3) is 3.00. The molecule has 1 atom stereocenters. The molecule has 23 heavy (non-hydrogen) atoms. The minimum Gasteiger partial charge on any atom is -0.385 e. The van der Waals surface area contributed by atoms with Gasteiger partial charge in [0.05, 0.1) is 12.6 Å². The fraction of sp³-hybridized carbons (Fsp3) is 0.733. The Morgan fingerprint density at radius 3 is 2.70 bits per heavy atom. The summed E-state index contributed by atoms with van der Waals surface area (Å²) < 4.78 is 3.88. The van der Waals surface area contributed by atoms with Gasteiger partial charge in [0.1, 0.15) is 11.9 Å². The predicted octanol–water partition coefficient (Wildman–Crippen LogP) is 0.687. The summed E-state index contributed by atoms with van der Waals surface area (Å²) in [6.07, 6.45) is 7.47. The lowest BCUT2D eigenvalue weighted by atomic mass is 9.90. The Hall–Kier alpha value is -1.80. The van der Waals surface area contributed by atoms with Crippen LogP contribution in [-0.2, 0) is 13.6 Å². The standard InChI is InChI=1S/C15H23N7O/c1-20-9-6-16-15(20)14(23)11-4-7-21(8-5-11)10-13-17-18-19-22(13)12-2-3-12/h6,9,11-12,14,23H,2-5,7-8,10H2,1H3. The summed E-state index contributed by atoms with van der Waals surface area (Å²) in [5.41, 5.74) is 0. The lowest BCUT2D eigenvalue weighted by molar-refractivity contribution is 0.0482. The highest BCUT2D eigenvalue weighted by Gasteiger charge is 2.31. The summed E-state index contributed by atoms with van der Waals surface area (Å²) in [5, 5.41) is 22.6. The second kappa shape index (κ2) is 6.01. The lowest BCUT2D eigenvalue weighted by Gasteiger charge is -2.33. The van der Waals surface area contributed by atoms with Crippen molar-refractivity contribution in [2.45, 2.75) is 44.4 Å². The third-order valence-electron chi connectivity index (χ3n) is 5.02. The van der Waals surface area contributed by atoms with Crippen molar-refractivity contribution < 1.29 is 5.11 Å². The Morgan fingerprint density at radius 1 is 1.26 bits per heavy atom. The molecule has 3 heterocycles. The van der Waals surface area contributed by atoms with E-state index in [-0.39, 0.29) is 5.92 Å². The van der Waals surface area contributed by atoms with E-state index < -0.39 is 6.10 Å². The van der Waals surface area contributed by atoms with Crippen LogP contribution in [0.1, 0.15) is 49.5 Å². The van der Waals surface area contributed by atoms with E-state index in [0.717, 1.165) is 44.1 Å². The monoisotopic (exact) mass is 317 g/mol. The predicted molar refractivity (Wildman–Crippen MR) is 82.3 cm³/mol. The summed E-state index contributed by atoms with van der Waals surface area (Å²) in [6, 6.07) is 0.516. The van der Waals surface area contributed by atoms with Gasteiger partial charge in [-0.2, -0.15) is 0 Å². The fourth-order valence-electron chi connectivity index (χ4n) is 3.42. The number of aromatic nitrogens is 6. The van der Waals surface area contributed by atoms with E-state index in [2.05, 4.69) is 25.4 Å². The van der Waals surface area contributed by atoms with E-state index in [1.807, 2.05) is 22.5 Å². The number of aryl methyl sites for hydroxylation is 1. The first-order valence-corrected chi connectivity index (χ1v) is 8.37. The van der Waals surface area contributed by atoms with Crippen molar-refractivity contribution in [3.63, 3.8) is 0 Å². The van der Waals surface area contributed by atoms with Gasteiger partial charge in [-0.05, 0) is 55.1 Å². The Labute approximate surface area is 135 Å². The van der Waals surface area contributed by atoms with Gasteiger partial charge in [-0.3, -0.25) is 4.90 Å². The highest BCUT2D eigenvalue weighted by Crippen LogP contribution is 2.35. The van der Waals surface area contributed by atoms with Crippen molar-refractivity contribution in [2.24, 2.45) is 13.0 Å². The Bertz CT molecular complexity index is 654. The molecule has 124 valence electrons. The van der Waals surface area contributed by atoms with E-state index in [1.54, 1.807) is 6.20 Å². The van der Waals surface area contributed by atoms with Crippen molar-refractivity contribution in [1.82, 2.24) is 34.7 Å². The molecule has 1 saturated carbocycles. The van der Waals surface area contributed by atoms with Gasteiger partial charge in [-0.25, -0.2) is 9.67 Å². The summed E-state index contributed by atoms with van der Waals surface area (Å²) in [5.74, 6) is 2.00. The number of tetrazole rings is 1. The van der Waals surface area contributed by atoms with Gasteiger partial charge in [-0.1, -0.05) is 0 Å². The smallest absolute Gasteiger partial charge is 0.165 e. The fourth-order valence-corrected chi connectivity index (χ4v) is 3.42. The molecule has 0 amide bonds. The van der Waals surface area contributed by atoms with Crippen LogP contribution in [0, 0.1) is 5.92 Å². The molecule has 1 unspecified atom stereocenters. The van der Waals surface area contributed by atoms with Gasteiger partial charge >= 0.3 is 0 Å². The van der Waals surface area contributed by atoms with Gasteiger partial charge in [0.15, 0.2) is 5.82 Å². The van der Waals surface area contributed by atoms with Crippen molar-refractivity contribution >= 4 is 0 Å². The highest BCUT2D eigenvalue weighted by molar-refractivity contribution is 4.99. The molecule has 0 spiro atoms. The van der Waals surface area contributed by atoms with E-state index in [0.29, 0.717) is 6.04 Å². The maximum absolute atomic E-state index is 10.5. The zero-order valence-electron chi connectivity index (χ0n) is 13.4. The number of hydrogen-bond acceptors (Lipinski definition) is 6. The van der Waals surface area contributed by atoms with E-state index >= 15 is 0 Å². The van der Waals surface area contributed by atoms with Crippen LogP contribution in [0.15, 0.2) is 12.4 Å². The molecule has 2 aromatic heterocycles. The third-order valence-corrected chi connectivity index (χ3v) is 5.02. The van der Waals surface area contributed by atoms with Crippen LogP contribution in [0.4, 0.5) is 0 Å². The SMILES string of the molecule is Cn1ccnc1C(O)C1CCN(Cc2nnnn2C2CC2)CC1. The molecular weight excluding hydrogens is 294 g/mol. The van der Waals surface area contributed by atoms with Crippen LogP contribution >= 0.6 is 0 Å². The van der Waals surface area contributed by atoms with Crippen LogP contribution in [0.3, 0.4) is 0 Å². The number of imidazole rings is 1. The topological polar surface area (TPSA) is 84.9 Å². The molecule has 1 aliphatic carbocycles. The number of aliphatic hydroxyl groups excluding tert-OH is 1. The Morgan fingerprint density at radius 2 is 2.04 bits per heavy atom. The average Bonchev–Trinajstić information content (AvgIpc) is 3.16. The van der Waals surface area contributed by atoms with Crippen molar-refractivity contribution in [1.29, 1.82) is 0 Å².